The van der Waals surface area contributed by atoms with Crippen molar-refractivity contribution in [2.24, 2.45) is 5.92 Å². The number of carboxylic acids is 1. The highest BCUT2D eigenvalue weighted by atomic mass is 32.2. The van der Waals surface area contributed by atoms with Crippen LogP contribution < -0.4 is 4.72 Å². The molecule has 6 heteroatoms. The van der Waals surface area contributed by atoms with E-state index in [9.17, 15) is 18.3 Å². The maximum absolute atomic E-state index is 11.7. The summed E-state index contributed by atoms with van der Waals surface area (Å²) < 4.78 is 25.9. The van der Waals surface area contributed by atoms with Crippen LogP contribution >= 0.6 is 0 Å². The summed E-state index contributed by atoms with van der Waals surface area (Å²) in [4.78, 5) is 11.4. The summed E-state index contributed by atoms with van der Waals surface area (Å²) in [7, 11) is -3.49. The van der Waals surface area contributed by atoms with E-state index in [1.54, 1.807) is 6.92 Å². The Morgan fingerprint density at radius 3 is 2.65 bits per heavy atom. The smallest absolute Gasteiger partial charge is 0.324 e. The molecule has 2 atom stereocenters. The second-order valence-electron chi connectivity index (χ2n) is 5.01. The lowest BCUT2D eigenvalue weighted by Crippen LogP contribution is -2.57. The summed E-state index contributed by atoms with van der Waals surface area (Å²) in [5.41, 5.74) is -1.29. The zero-order valence-electron chi connectivity index (χ0n) is 10.4. The quantitative estimate of drug-likeness (QED) is 0.784. The van der Waals surface area contributed by atoms with Crippen LogP contribution in [0.15, 0.2) is 0 Å². The molecule has 1 saturated carbocycles. The van der Waals surface area contributed by atoms with Crippen molar-refractivity contribution in [2.45, 2.75) is 51.5 Å². The maximum Gasteiger partial charge on any atom is 0.324 e. The standard InChI is InChI=1S/C11H21NO4S/c1-3-7-17(15,16)12-11(10(13)14)6-4-5-9(2)8-11/h9,12H,3-8H2,1-2H3,(H,13,14). The van der Waals surface area contributed by atoms with Crippen molar-refractivity contribution >= 4 is 16.0 Å². The predicted molar refractivity (Wildman–Crippen MR) is 65.2 cm³/mol. The second kappa shape index (κ2) is 5.35. The molecule has 1 aliphatic carbocycles. The Kier molecular flexibility index (Phi) is 4.55. The van der Waals surface area contributed by atoms with Gasteiger partial charge in [-0.05, 0) is 25.2 Å². The van der Waals surface area contributed by atoms with Crippen LogP contribution in [0.2, 0.25) is 0 Å². The van der Waals surface area contributed by atoms with Gasteiger partial charge in [-0.25, -0.2) is 8.42 Å². The molecule has 0 radical (unpaired) electrons. The van der Waals surface area contributed by atoms with Crippen molar-refractivity contribution in [3.63, 3.8) is 0 Å². The molecule has 0 amide bonds. The molecule has 0 heterocycles. The van der Waals surface area contributed by atoms with Crippen molar-refractivity contribution < 1.29 is 18.3 Å². The first-order valence-corrected chi connectivity index (χ1v) is 7.71. The molecule has 5 nitrogen and oxygen atoms in total. The number of carbonyl (C=O) groups is 1. The van der Waals surface area contributed by atoms with Gasteiger partial charge in [0.15, 0.2) is 0 Å². The fraction of sp³-hybridized carbons (Fsp3) is 0.909. The molecule has 2 N–H and O–H groups in total. The SMILES string of the molecule is CCCS(=O)(=O)NC1(C(=O)O)CCCC(C)C1. The normalized spacial score (nSPS) is 30.1. The maximum atomic E-state index is 11.7. The van der Waals surface area contributed by atoms with Crippen LogP contribution in [0.1, 0.15) is 46.0 Å². The molecular formula is C11H21NO4S. The topological polar surface area (TPSA) is 83.5 Å². The Balaban J connectivity index is 2.90. The summed E-state index contributed by atoms with van der Waals surface area (Å²) in [6.07, 6.45) is 2.97. The fourth-order valence-electron chi connectivity index (χ4n) is 2.50. The lowest BCUT2D eigenvalue weighted by atomic mass is 9.77. The Morgan fingerprint density at radius 2 is 2.18 bits per heavy atom. The number of hydrogen-bond acceptors (Lipinski definition) is 3. The molecule has 0 bridgehead atoms. The molecule has 0 aromatic carbocycles. The zero-order chi connectivity index (χ0) is 13.1. The first kappa shape index (κ1) is 14.4. The third-order valence-electron chi connectivity index (χ3n) is 3.23. The van der Waals surface area contributed by atoms with Gasteiger partial charge in [0.05, 0.1) is 5.75 Å². The van der Waals surface area contributed by atoms with Gasteiger partial charge in [-0.2, -0.15) is 4.72 Å². The van der Waals surface area contributed by atoms with Crippen LogP contribution in [-0.4, -0.2) is 30.8 Å². The van der Waals surface area contributed by atoms with Gasteiger partial charge in [-0.1, -0.05) is 26.7 Å². The van der Waals surface area contributed by atoms with Crippen molar-refractivity contribution in [3.8, 4) is 0 Å². The van der Waals surface area contributed by atoms with E-state index in [1.165, 1.54) is 0 Å². The lowest BCUT2D eigenvalue weighted by Gasteiger charge is -2.36. The van der Waals surface area contributed by atoms with Gasteiger partial charge in [0.25, 0.3) is 0 Å². The number of nitrogens with one attached hydrogen (secondary N) is 1. The number of carboxylic acid groups (broad SMARTS) is 1. The molecule has 0 spiro atoms. The second-order valence-corrected chi connectivity index (χ2v) is 6.85. The fourth-order valence-corrected chi connectivity index (χ4v) is 4.01. The van der Waals surface area contributed by atoms with Crippen LogP contribution in [-0.2, 0) is 14.8 Å². The van der Waals surface area contributed by atoms with E-state index in [1.807, 2.05) is 6.92 Å². The van der Waals surface area contributed by atoms with E-state index in [-0.39, 0.29) is 11.7 Å². The van der Waals surface area contributed by atoms with Crippen LogP contribution in [0.4, 0.5) is 0 Å². The van der Waals surface area contributed by atoms with E-state index in [0.717, 1.165) is 12.8 Å². The molecule has 0 aliphatic heterocycles. The monoisotopic (exact) mass is 263 g/mol. The predicted octanol–water partition coefficient (Wildman–Crippen LogP) is 1.35. The molecule has 1 fully saturated rings. The Hall–Kier alpha value is -0.620. The van der Waals surface area contributed by atoms with E-state index in [2.05, 4.69) is 4.72 Å². The third kappa shape index (κ3) is 3.67. The van der Waals surface area contributed by atoms with Crippen molar-refractivity contribution in [1.29, 1.82) is 0 Å². The Bertz CT molecular complexity index is 379. The minimum atomic E-state index is -3.49. The number of aliphatic carboxylic acids is 1. The molecular weight excluding hydrogens is 242 g/mol. The molecule has 2 unspecified atom stereocenters. The number of rotatable bonds is 5. The third-order valence-corrected chi connectivity index (χ3v) is 4.88. The van der Waals surface area contributed by atoms with Crippen LogP contribution in [0, 0.1) is 5.92 Å². The summed E-state index contributed by atoms with van der Waals surface area (Å²) >= 11 is 0. The molecule has 0 saturated heterocycles. The van der Waals surface area contributed by atoms with Crippen molar-refractivity contribution in [2.75, 3.05) is 5.75 Å². The highest BCUT2D eigenvalue weighted by Gasteiger charge is 2.44. The minimum Gasteiger partial charge on any atom is -0.480 e. The number of sulfonamides is 1. The van der Waals surface area contributed by atoms with Crippen LogP contribution in [0.3, 0.4) is 0 Å². The molecule has 1 rings (SSSR count). The molecule has 100 valence electrons. The van der Waals surface area contributed by atoms with Crippen LogP contribution in [0.5, 0.6) is 0 Å². The van der Waals surface area contributed by atoms with E-state index in [0.29, 0.717) is 19.3 Å². The average molecular weight is 263 g/mol. The molecule has 0 aromatic heterocycles. The van der Waals surface area contributed by atoms with Gasteiger partial charge < -0.3 is 5.11 Å². The zero-order valence-corrected chi connectivity index (χ0v) is 11.2. The molecule has 17 heavy (non-hydrogen) atoms. The highest BCUT2D eigenvalue weighted by molar-refractivity contribution is 7.89. The van der Waals surface area contributed by atoms with Crippen molar-refractivity contribution in [1.82, 2.24) is 4.72 Å². The average Bonchev–Trinajstić information content (AvgIpc) is 2.15. The molecule has 0 aromatic rings. The van der Waals surface area contributed by atoms with E-state index >= 15 is 0 Å². The summed E-state index contributed by atoms with van der Waals surface area (Å²) in [5, 5.41) is 9.31. The van der Waals surface area contributed by atoms with Gasteiger partial charge in [-0.3, -0.25) is 4.79 Å². The van der Waals surface area contributed by atoms with Crippen molar-refractivity contribution in [3.05, 3.63) is 0 Å². The van der Waals surface area contributed by atoms with Crippen LogP contribution in [0.25, 0.3) is 0 Å². The first-order valence-electron chi connectivity index (χ1n) is 6.06. The summed E-state index contributed by atoms with van der Waals surface area (Å²) in [6.45, 7) is 3.72. The lowest BCUT2D eigenvalue weighted by molar-refractivity contribution is -0.146. The van der Waals surface area contributed by atoms with E-state index in [4.69, 9.17) is 0 Å². The molecule has 1 aliphatic rings. The van der Waals surface area contributed by atoms with Gasteiger partial charge >= 0.3 is 5.97 Å². The summed E-state index contributed by atoms with van der Waals surface area (Å²) in [6, 6.07) is 0. The largest absolute Gasteiger partial charge is 0.480 e. The minimum absolute atomic E-state index is 0.0174. The first-order chi connectivity index (χ1) is 7.81. The number of hydrogen-bond donors (Lipinski definition) is 2. The summed E-state index contributed by atoms with van der Waals surface area (Å²) in [5.74, 6) is -0.830. The highest BCUT2D eigenvalue weighted by Crippen LogP contribution is 2.33. The van der Waals surface area contributed by atoms with Gasteiger partial charge in [0.2, 0.25) is 10.0 Å². The Morgan fingerprint density at radius 1 is 1.53 bits per heavy atom. The van der Waals surface area contributed by atoms with Gasteiger partial charge in [0, 0.05) is 0 Å². The Labute approximate surface area is 103 Å². The van der Waals surface area contributed by atoms with Gasteiger partial charge in [-0.15, -0.1) is 0 Å². The van der Waals surface area contributed by atoms with Gasteiger partial charge in [0.1, 0.15) is 5.54 Å². The van der Waals surface area contributed by atoms with E-state index < -0.39 is 21.5 Å².